The van der Waals surface area contributed by atoms with Crippen LogP contribution in [0.5, 0.6) is 0 Å². The summed E-state index contributed by atoms with van der Waals surface area (Å²) < 4.78 is 5.93. The third-order valence-electron chi connectivity index (χ3n) is 4.84. The number of rotatable bonds is 2. The molecule has 2 bridgehead atoms. The fourth-order valence-electron chi connectivity index (χ4n) is 3.73. The molecule has 1 aromatic carbocycles. The van der Waals surface area contributed by atoms with E-state index in [2.05, 4.69) is 42.2 Å². The summed E-state index contributed by atoms with van der Waals surface area (Å²) in [5.41, 5.74) is 3.03. The van der Waals surface area contributed by atoms with E-state index < -0.39 is 0 Å². The fourth-order valence-corrected chi connectivity index (χ4v) is 3.73. The Hall–Kier alpha value is -1.28. The first-order valence-electron chi connectivity index (χ1n) is 7.00. The molecule has 3 aliphatic rings. The number of allylic oxidation sites excluding steroid dienone is 1. The topological polar surface area (TPSA) is 12.5 Å². The molecule has 0 amide bonds. The van der Waals surface area contributed by atoms with Gasteiger partial charge in [0.1, 0.15) is 6.10 Å². The predicted octanol–water partition coefficient (Wildman–Crippen LogP) is 3.13. The Labute approximate surface area is 108 Å². The van der Waals surface area contributed by atoms with Crippen molar-refractivity contribution in [3.05, 3.63) is 47.2 Å². The van der Waals surface area contributed by atoms with Gasteiger partial charge in [-0.15, -0.1) is 0 Å². The summed E-state index contributed by atoms with van der Waals surface area (Å²) in [5.74, 6) is 2.02. The van der Waals surface area contributed by atoms with Crippen molar-refractivity contribution < 1.29 is 4.74 Å². The second kappa shape index (κ2) is 3.86. The van der Waals surface area contributed by atoms with Crippen molar-refractivity contribution in [1.29, 1.82) is 0 Å². The van der Waals surface area contributed by atoms with Crippen LogP contribution in [0.15, 0.2) is 41.7 Å². The van der Waals surface area contributed by atoms with Crippen LogP contribution in [-0.2, 0) is 4.74 Å². The first-order chi connectivity index (χ1) is 8.83. The van der Waals surface area contributed by atoms with Gasteiger partial charge in [-0.1, -0.05) is 30.3 Å². The summed E-state index contributed by atoms with van der Waals surface area (Å²) in [6, 6.07) is 11.4. The molecule has 2 nitrogen and oxygen atoms in total. The molecule has 0 radical (unpaired) electrons. The Bertz CT molecular complexity index is 493. The number of nitrogens with zero attached hydrogens (tertiary/aromatic N) is 1. The van der Waals surface area contributed by atoms with Crippen molar-refractivity contribution in [3.63, 3.8) is 0 Å². The molecule has 0 spiro atoms. The molecule has 2 unspecified atom stereocenters. The Morgan fingerprint density at radius 2 is 2.11 bits per heavy atom. The Balaban J connectivity index is 1.57. The lowest BCUT2D eigenvalue weighted by molar-refractivity contribution is 0.131. The normalized spacial score (nSPS) is 31.6. The number of hydrogen-bond donors (Lipinski definition) is 0. The summed E-state index contributed by atoms with van der Waals surface area (Å²) in [6.07, 6.45) is 2.93. The maximum Gasteiger partial charge on any atom is 0.107 e. The SMILES string of the molecule is C[C@@H](c1ccccc1)N1CC2=C3CCC(O3)C2C1. The van der Waals surface area contributed by atoms with E-state index in [0.29, 0.717) is 18.1 Å². The smallest absolute Gasteiger partial charge is 0.107 e. The molecule has 94 valence electrons. The number of fused-ring (bicyclic) bond motifs is 4. The molecule has 0 N–H and O–H groups in total. The van der Waals surface area contributed by atoms with Crippen LogP contribution in [0.25, 0.3) is 0 Å². The van der Waals surface area contributed by atoms with Crippen LogP contribution in [0.4, 0.5) is 0 Å². The van der Waals surface area contributed by atoms with Crippen molar-refractivity contribution >= 4 is 0 Å². The molecule has 0 aliphatic carbocycles. The number of benzene rings is 1. The zero-order chi connectivity index (χ0) is 12.1. The van der Waals surface area contributed by atoms with Crippen molar-refractivity contribution in [3.8, 4) is 0 Å². The van der Waals surface area contributed by atoms with Crippen LogP contribution in [0.3, 0.4) is 0 Å². The molecule has 18 heavy (non-hydrogen) atoms. The predicted molar refractivity (Wildman–Crippen MR) is 71.1 cm³/mol. The maximum atomic E-state index is 5.93. The monoisotopic (exact) mass is 241 g/mol. The van der Waals surface area contributed by atoms with E-state index in [1.54, 1.807) is 5.57 Å². The van der Waals surface area contributed by atoms with Crippen LogP contribution in [-0.4, -0.2) is 24.1 Å². The van der Waals surface area contributed by atoms with Crippen LogP contribution in [0.2, 0.25) is 0 Å². The molecule has 1 aromatic rings. The quantitative estimate of drug-likeness (QED) is 0.788. The van der Waals surface area contributed by atoms with Gasteiger partial charge in [0, 0.05) is 31.5 Å². The minimum atomic E-state index is 0.503. The summed E-state index contributed by atoms with van der Waals surface area (Å²) in [4.78, 5) is 2.61. The zero-order valence-corrected chi connectivity index (χ0v) is 10.8. The molecule has 3 aliphatic heterocycles. The maximum absolute atomic E-state index is 5.93. The van der Waals surface area contributed by atoms with E-state index in [-0.39, 0.29) is 0 Å². The molecular weight excluding hydrogens is 222 g/mol. The average molecular weight is 241 g/mol. The minimum absolute atomic E-state index is 0.503. The van der Waals surface area contributed by atoms with E-state index >= 15 is 0 Å². The van der Waals surface area contributed by atoms with Gasteiger partial charge in [0.15, 0.2) is 0 Å². The molecule has 2 fully saturated rings. The summed E-state index contributed by atoms with van der Waals surface area (Å²) in [7, 11) is 0. The second-order valence-electron chi connectivity index (χ2n) is 5.77. The molecule has 2 saturated heterocycles. The van der Waals surface area contributed by atoms with E-state index in [0.717, 1.165) is 6.54 Å². The Morgan fingerprint density at radius 1 is 1.28 bits per heavy atom. The summed E-state index contributed by atoms with van der Waals surface area (Å²) in [5, 5.41) is 0. The highest BCUT2D eigenvalue weighted by Crippen LogP contribution is 2.47. The largest absolute Gasteiger partial charge is 0.494 e. The van der Waals surface area contributed by atoms with Gasteiger partial charge < -0.3 is 4.74 Å². The molecule has 4 rings (SSSR count). The molecule has 3 atom stereocenters. The third-order valence-corrected chi connectivity index (χ3v) is 4.84. The second-order valence-corrected chi connectivity index (χ2v) is 5.77. The zero-order valence-electron chi connectivity index (χ0n) is 10.8. The van der Waals surface area contributed by atoms with Gasteiger partial charge in [-0.2, -0.15) is 0 Å². The van der Waals surface area contributed by atoms with Crippen LogP contribution in [0, 0.1) is 5.92 Å². The van der Waals surface area contributed by atoms with E-state index in [1.807, 2.05) is 0 Å². The van der Waals surface area contributed by atoms with E-state index in [1.165, 1.54) is 30.7 Å². The standard InChI is InChI=1S/C16H19NO/c1-11(12-5-3-2-4-6-12)17-9-13-14(10-17)16-8-7-15(13)18-16/h2-6,11,13,15H,7-10H2,1H3/t11-,13?,15?/m0/s1. The van der Waals surface area contributed by atoms with Crippen LogP contribution in [0.1, 0.15) is 31.4 Å². The van der Waals surface area contributed by atoms with Gasteiger partial charge >= 0.3 is 0 Å². The fraction of sp³-hybridized carbons (Fsp3) is 0.500. The number of likely N-dealkylation sites (tertiary alicyclic amines) is 1. The van der Waals surface area contributed by atoms with Gasteiger partial charge in [0.25, 0.3) is 0 Å². The average Bonchev–Trinajstić information content (AvgIpc) is 3.10. The first kappa shape index (κ1) is 10.6. The van der Waals surface area contributed by atoms with Crippen molar-refractivity contribution in [2.24, 2.45) is 5.92 Å². The van der Waals surface area contributed by atoms with Gasteiger partial charge in [-0.25, -0.2) is 0 Å². The van der Waals surface area contributed by atoms with Crippen molar-refractivity contribution in [1.82, 2.24) is 4.90 Å². The number of ether oxygens (including phenoxy) is 1. The molecular formula is C16H19NO. The van der Waals surface area contributed by atoms with Crippen LogP contribution >= 0.6 is 0 Å². The minimum Gasteiger partial charge on any atom is -0.494 e. The lowest BCUT2D eigenvalue weighted by Gasteiger charge is -2.25. The highest BCUT2D eigenvalue weighted by molar-refractivity contribution is 5.30. The highest BCUT2D eigenvalue weighted by atomic mass is 16.5. The number of hydrogen-bond acceptors (Lipinski definition) is 2. The Morgan fingerprint density at radius 3 is 2.89 bits per heavy atom. The first-order valence-corrected chi connectivity index (χ1v) is 7.00. The third kappa shape index (κ3) is 1.45. The summed E-state index contributed by atoms with van der Waals surface area (Å²) in [6.45, 7) is 4.62. The van der Waals surface area contributed by atoms with Gasteiger partial charge in [-0.3, -0.25) is 4.90 Å². The van der Waals surface area contributed by atoms with Crippen LogP contribution < -0.4 is 0 Å². The van der Waals surface area contributed by atoms with E-state index in [9.17, 15) is 0 Å². The Kier molecular flexibility index (Phi) is 2.28. The van der Waals surface area contributed by atoms with Gasteiger partial charge in [0.2, 0.25) is 0 Å². The summed E-state index contributed by atoms with van der Waals surface area (Å²) >= 11 is 0. The molecule has 0 saturated carbocycles. The highest BCUT2D eigenvalue weighted by Gasteiger charge is 2.46. The lowest BCUT2D eigenvalue weighted by atomic mass is 9.90. The van der Waals surface area contributed by atoms with Crippen molar-refractivity contribution in [2.75, 3.05) is 13.1 Å². The van der Waals surface area contributed by atoms with Crippen molar-refractivity contribution in [2.45, 2.75) is 31.9 Å². The molecule has 0 aromatic heterocycles. The lowest BCUT2D eigenvalue weighted by Crippen LogP contribution is -2.27. The van der Waals surface area contributed by atoms with E-state index in [4.69, 9.17) is 4.74 Å². The van der Waals surface area contributed by atoms with Gasteiger partial charge in [0.05, 0.1) is 5.76 Å². The molecule has 2 heteroatoms. The van der Waals surface area contributed by atoms with Gasteiger partial charge in [-0.05, 0) is 24.5 Å². The molecule has 3 heterocycles.